The Kier molecular flexibility index (Phi) is 5.56. The first-order valence-electron chi connectivity index (χ1n) is 7.93. The fraction of sp³-hybridized carbons (Fsp3) is 0.588. The number of amides is 1. The summed E-state index contributed by atoms with van der Waals surface area (Å²) < 4.78 is 7.37. The van der Waals surface area contributed by atoms with E-state index in [1.165, 1.54) is 0 Å². The molecule has 6 heteroatoms. The lowest BCUT2D eigenvalue weighted by atomic mass is 10.2. The first-order chi connectivity index (χ1) is 10.9. The molecule has 0 spiro atoms. The van der Waals surface area contributed by atoms with Gasteiger partial charge in [-0.3, -0.25) is 4.90 Å². The number of piperazine rings is 1. The van der Waals surface area contributed by atoms with Crippen LogP contribution in [-0.4, -0.2) is 47.7 Å². The summed E-state index contributed by atoms with van der Waals surface area (Å²) in [5, 5.41) is 8.90. The van der Waals surface area contributed by atoms with Crippen molar-refractivity contribution >= 4 is 6.09 Å². The van der Waals surface area contributed by atoms with Gasteiger partial charge in [-0.2, -0.15) is 9.83 Å². The lowest BCUT2D eigenvalue weighted by Gasteiger charge is -2.35. The predicted octanol–water partition coefficient (Wildman–Crippen LogP) is 1.55. The van der Waals surface area contributed by atoms with Crippen molar-refractivity contribution in [3.8, 4) is 6.07 Å². The number of rotatable bonds is 3. The van der Waals surface area contributed by atoms with Crippen molar-refractivity contribution in [2.24, 2.45) is 0 Å². The van der Waals surface area contributed by atoms with Crippen molar-refractivity contribution < 1.29 is 14.1 Å². The van der Waals surface area contributed by atoms with Crippen LogP contribution in [0.2, 0.25) is 0 Å². The van der Waals surface area contributed by atoms with Crippen molar-refractivity contribution in [1.82, 2.24) is 9.80 Å². The highest BCUT2D eigenvalue weighted by Gasteiger charge is 2.26. The second-order valence-corrected chi connectivity index (χ2v) is 6.72. The molecule has 2 rings (SSSR count). The third kappa shape index (κ3) is 5.22. The van der Waals surface area contributed by atoms with Crippen molar-refractivity contribution in [3.63, 3.8) is 0 Å². The Morgan fingerprint density at radius 2 is 2.00 bits per heavy atom. The van der Waals surface area contributed by atoms with Crippen molar-refractivity contribution in [1.29, 1.82) is 5.26 Å². The maximum Gasteiger partial charge on any atom is 0.410 e. The fourth-order valence-electron chi connectivity index (χ4n) is 2.53. The Hall–Kier alpha value is -2.13. The third-order valence-electron chi connectivity index (χ3n) is 3.69. The Morgan fingerprint density at radius 3 is 2.61 bits per heavy atom. The molecule has 0 radical (unpaired) electrons. The minimum atomic E-state index is -0.457. The summed E-state index contributed by atoms with van der Waals surface area (Å²) in [6.45, 7) is 9.72. The minimum Gasteiger partial charge on any atom is -0.444 e. The Bertz CT molecular complexity index is 581. The highest BCUT2D eigenvalue weighted by Crippen LogP contribution is 2.12. The summed E-state index contributed by atoms with van der Waals surface area (Å²) >= 11 is 0. The topological polar surface area (TPSA) is 60.5 Å². The molecular formula is C17H25N4O2+. The first kappa shape index (κ1) is 17.2. The van der Waals surface area contributed by atoms with Gasteiger partial charge in [0.1, 0.15) is 11.7 Å². The number of aromatic nitrogens is 1. The van der Waals surface area contributed by atoms with Gasteiger partial charge in [-0.15, -0.1) is 0 Å². The third-order valence-corrected chi connectivity index (χ3v) is 3.69. The van der Waals surface area contributed by atoms with E-state index in [0.717, 1.165) is 25.3 Å². The number of ether oxygens (including phenoxy) is 1. The van der Waals surface area contributed by atoms with E-state index in [0.29, 0.717) is 19.6 Å². The summed E-state index contributed by atoms with van der Waals surface area (Å²) in [7, 11) is 0. The summed E-state index contributed by atoms with van der Waals surface area (Å²) in [6, 6.07) is 8.14. The second kappa shape index (κ2) is 7.42. The van der Waals surface area contributed by atoms with Crippen LogP contribution in [0.3, 0.4) is 0 Å². The number of nitrogens with zero attached hydrogens (tertiary/aromatic N) is 4. The Labute approximate surface area is 137 Å². The van der Waals surface area contributed by atoms with Crippen LogP contribution in [0.4, 0.5) is 4.79 Å². The first-order valence-corrected chi connectivity index (χ1v) is 7.93. The van der Waals surface area contributed by atoms with E-state index in [9.17, 15) is 4.79 Å². The lowest BCUT2D eigenvalue weighted by Crippen LogP contribution is -2.51. The van der Waals surface area contributed by atoms with E-state index in [-0.39, 0.29) is 6.09 Å². The molecule has 2 heterocycles. The molecule has 0 bridgehead atoms. The molecule has 1 aromatic rings. The zero-order valence-electron chi connectivity index (χ0n) is 14.2. The van der Waals surface area contributed by atoms with Gasteiger partial charge in [0.05, 0.1) is 6.54 Å². The number of pyridine rings is 1. The average molecular weight is 317 g/mol. The minimum absolute atomic E-state index is 0.239. The molecule has 0 aliphatic carbocycles. The van der Waals surface area contributed by atoms with Crippen molar-refractivity contribution in [3.05, 3.63) is 30.1 Å². The Morgan fingerprint density at radius 1 is 1.30 bits per heavy atom. The van der Waals surface area contributed by atoms with Crippen LogP contribution in [0.5, 0.6) is 0 Å². The van der Waals surface area contributed by atoms with Crippen LogP contribution < -0.4 is 4.57 Å². The summed E-state index contributed by atoms with van der Waals surface area (Å²) in [5.74, 6) is 0. The van der Waals surface area contributed by atoms with Gasteiger partial charge >= 0.3 is 6.09 Å². The second-order valence-electron chi connectivity index (χ2n) is 6.72. The molecule has 1 amide bonds. The van der Waals surface area contributed by atoms with Crippen LogP contribution in [0, 0.1) is 11.3 Å². The molecule has 0 atom stereocenters. The molecule has 1 aromatic heterocycles. The lowest BCUT2D eigenvalue weighted by molar-refractivity contribution is -0.693. The number of carbonyl (C=O) groups excluding carboxylic acids is 1. The molecule has 6 nitrogen and oxygen atoms in total. The van der Waals surface area contributed by atoms with E-state index in [1.807, 2.05) is 49.7 Å². The molecule has 0 saturated carbocycles. The van der Waals surface area contributed by atoms with Gasteiger partial charge in [0.2, 0.25) is 6.54 Å². The maximum absolute atomic E-state index is 12.1. The van der Waals surface area contributed by atoms with Crippen molar-refractivity contribution in [2.45, 2.75) is 39.5 Å². The molecule has 23 heavy (non-hydrogen) atoms. The van der Waals surface area contributed by atoms with E-state index >= 15 is 0 Å². The quantitative estimate of drug-likeness (QED) is 0.794. The zero-order chi connectivity index (χ0) is 16.9. The maximum atomic E-state index is 12.1. The average Bonchev–Trinajstić information content (AvgIpc) is 2.48. The zero-order valence-corrected chi connectivity index (χ0v) is 14.2. The molecule has 0 unspecified atom stereocenters. The summed E-state index contributed by atoms with van der Waals surface area (Å²) in [6.07, 6.45) is 1.69. The van der Waals surface area contributed by atoms with E-state index in [2.05, 4.69) is 11.0 Å². The van der Waals surface area contributed by atoms with E-state index in [1.54, 1.807) is 4.90 Å². The largest absolute Gasteiger partial charge is 0.444 e. The number of carbonyl (C=O) groups is 1. The predicted molar refractivity (Wildman–Crippen MR) is 85.3 cm³/mol. The van der Waals surface area contributed by atoms with Crippen molar-refractivity contribution in [2.75, 3.05) is 26.2 Å². The molecular weight excluding hydrogens is 292 g/mol. The number of hydrogen-bond donors (Lipinski definition) is 0. The molecule has 0 aromatic carbocycles. The van der Waals surface area contributed by atoms with Gasteiger partial charge in [-0.25, -0.2) is 4.79 Å². The van der Waals surface area contributed by atoms with E-state index in [4.69, 9.17) is 10.00 Å². The molecule has 124 valence electrons. The molecule has 1 fully saturated rings. The molecule has 1 aliphatic rings. The van der Waals surface area contributed by atoms with Crippen LogP contribution in [0.15, 0.2) is 24.4 Å². The molecule has 1 aliphatic heterocycles. The standard InChI is InChI=1S/C17H25N4O2/c1-17(2,3)23-16(22)21-12-10-19(11-13-21)14-15-6-4-5-8-20(15)9-7-18/h4-6,8H,9-14H2,1-3H3/q+1. The number of hydrogen-bond acceptors (Lipinski definition) is 4. The Balaban J connectivity index is 1.88. The van der Waals surface area contributed by atoms with Crippen LogP contribution in [0.1, 0.15) is 26.5 Å². The van der Waals surface area contributed by atoms with Gasteiger partial charge in [-0.1, -0.05) is 6.07 Å². The smallest absolute Gasteiger partial charge is 0.410 e. The van der Waals surface area contributed by atoms with Gasteiger partial charge in [-0.05, 0) is 20.8 Å². The monoisotopic (exact) mass is 317 g/mol. The SMILES string of the molecule is CC(C)(C)OC(=O)N1CCN(Cc2cccc[n+]2CC#N)CC1. The molecule has 0 N–H and O–H groups in total. The van der Waals surface area contributed by atoms with Gasteiger partial charge < -0.3 is 9.64 Å². The van der Waals surface area contributed by atoms with Crippen LogP contribution >= 0.6 is 0 Å². The van der Waals surface area contributed by atoms with Gasteiger partial charge in [0, 0.05) is 38.3 Å². The van der Waals surface area contributed by atoms with Gasteiger partial charge in [0.15, 0.2) is 11.9 Å². The van der Waals surface area contributed by atoms with E-state index < -0.39 is 5.60 Å². The molecule has 1 saturated heterocycles. The van der Waals surface area contributed by atoms with Crippen LogP contribution in [-0.2, 0) is 17.8 Å². The normalized spacial score (nSPS) is 16.0. The summed E-state index contributed by atoms with van der Waals surface area (Å²) in [5.41, 5.74) is 0.654. The van der Waals surface area contributed by atoms with Crippen LogP contribution in [0.25, 0.3) is 0 Å². The summed E-state index contributed by atoms with van der Waals surface area (Å²) in [4.78, 5) is 16.1. The number of nitriles is 1. The highest BCUT2D eigenvalue weighted by atomic mass is 16.6. The van der Waals surface area contributed by atoms with Gasteiger partial charge in [0.25, 0.3) is 0 Å². The fourth-order valence-corrected chi connectivity index (χ4v) is 2.53. The highest BCUT2D eigenvalue weighted by molar-refractivity contribution is 5.68.